The highest BCUT2D eigenvalue weighted by atomic mass is 28.3. The van der Waals surface area contributed by atoms with Crippen molar-refractivity contribution in [2.24, 2.45) is 0 Å². The average molecular weight is 425 g/mol. The number of nitrogens with one attached hydrogen (secondary N) is 1. The zero-order chi connectivity index (χ0) is 23.6. The summed E-state index contributed by atoms with van der Waals surface area (Å²) in [5, 5.41) is 4.45. The number of carbonyl (C=O) groups excluding carboxylic acids is 1. The highest BCUT2D eigenvalue weighted by Crippen LogP contribution is 2.40. The number of ether oxygens (including phenoxy) is 1. The van der Waals surface area contributed by atoms with Gasteiger partial charge in [0.2, 0.25) is 0 Å². The first-order valence-electron chi connectivity index (χ1n) is 11.3. The molecule has 0 fully saturated rings. The second kappa shape index (κ2) is 9.26. The molecule has 0 aliphatic rings. The monoisotopic (exact) mass is 424 g/mol. The Bertz CT molecular complexity index is 988. The number of hydrogen-bond acceptors (Lipinski definition) is 2. The van der Waals surface area contributed by atoms with Crippen molar-refractivity contribution in [3.05, 3.63) is 41.9 Å². The Hall–Kier alpha value is -2.25. The van der Waals surface area contributed by atoms with Gasteiger partial charge in [0.1, 0.15) is 13.7 Å². The molecule has 0 heterocycles. The van der Waals surface area contributed by atoms with Crippen molar-refractivity contribution in [1.82, 2.24) is 0 Å². The predicted molar refractivity (Wildman–Crippen MR) is 132 cm³/mol. The Morgan fingerprint density at radius 2 is 1.67 bits per heavy atom. The SMILES string of the molecule is [2H]c1cc(NC(=O)OC(C)(C)C)cc2cccc(C#C[Si](C(C)C)(C(C)C)C(C)C)c12. The fourth-order valence-electron chi connectivity index (χ4n) is 4.42. The van der Waals surface area contributed by atoms with Gasteiger partial charge in [-0.05, 0) is 66.4 Å². The summed E-state index contributed by atoms with van der Waals surface area (Å²) in [4.78, 5) is 12.1. The topological polar surface area (TPSA) is 38.3 Å². The molecule has 2 rings (SSSR count). The number of carbonyl (C=O) groups is 1. The molecule has 1 N–H and O–H groups in total. The molecule has 0 saturated carbocycles. The number of amides is 1. The minimum Gasteiger partial charge on any atom is -0.444 e. The van der Waals surface area contributed by atoms with Gasteiger partial charge in [-0.15, -0.1) is 5.54 Å². The Balaban J connectivity index is 2.51. The summed E-state index contributed by atoms with van der Waals surface area (Å²) in [6.45, 7) is 19.3. The highest BCUT2D eigenvalue weighted by Gasteiger charge is 2.41. The summed E-state index contributed by atoms with van der Waals surface area (Å²) in [6, 6.07) is 9.80. The molecule has 0 saturated heterocycles. The average Bonchev–Trinajstić information content (AvgIpc) is 2.59. The van der Waals surface area contributed by atoms with Crippen molar-refractivity contribution in [2.45, 2.75) is 84.5 Å². The van der Waals surface area contributed by atoms with Gasteiger partial charge >= 0.3 is 6.09 Å². The Morgan fingerprint density at radius 1 is 1.07 bits per heavy atom. The molecule has 3 nitrogen and oxygen atoms in total. The van der Waals surface area contributed by atoms with Crippen LogP contribution in [0.3, 0.4) is 0 Å². The molecular weight excluding hydrogens is 386 g/mol. The second-order valence-corrected chi connectivity index (χ2v) is 15.5. The van der Waals surface area contributed by atoms with E-state index in [-0.39, 0.29) is 0 Å². The normalized spacial score (nSPS) is 12.7. The van der Waals surface area contributed by atoms with E-state index in [4.69, 9.17) is 6.11 Å². The number of benzene rings is 2. The fraction of sp³-hybridized carbons (Fsp3) is 0.500. The molecule has 0 aliphatic heterocycles. The lowest BCUT2D eigenvalue weighted by Gasteiger charge is -2.38. The van der Waals surface area contributed by atoms with E-state index in [1.807, 2.05) is 45.0 Å². The molecule has 0 aliphatic carbocycles. The maximum atomic E-state index is 12.1. The molecule has 30 heavy (non-hydrogen) atoms. The van der Waals surface area contributed by atoms with Crippen molar-refractivity contribution in [3.63, 3.8) is 0 Å². The third-order valence-corrected chi connectivity index (χ3v) is 12.0. The number of hydrogen-bond donors (Lipinski definition) is 1. The smallest absolute Gasteiger partial charge is 0.412 e. The van der Waals surface area contributed by atoms with Crippen LogP contribution in [0.4, 0.5) is 10.5 Å². The van der Waals surface area contributed by atoms with E-state index in [1.54, 1.807) is 6.07 Å². The van der Waals surface area contributed by atoms with Crippen molar-refractivity contribution >= 4 is 30.6 Å². The fourth-order valence-corrected chi connectivity index (χ4v) is 9.63. The third kappa shape index (κ3) is 5.46. The van der Waals surface area contributed by atoms with Gasteiger partial charge < -0.3 is 4.74 Å². The molecule has 4 heteroatoms. The molecular formula is C26H37NO2Si. The van der Waals surface area contributed by atoms with Gasteiger partial charge in [-0.2, -0.15) is 0 Å². The van der Waals surface area contributed by atoms with E-state index in [9.17, 15) is 4.79 Å². The van der Waals surface area contributed by atoms with Gasteiger partial charge in [0.05, 0.1) is 1.37 Å². The minimum atomic E-state index is -1.87. The summed E-state index contributed by atoms with van der Waals surface area (Å²) in [6.07, 6.45) is -0.524. The van der Waals surface area contributed by atoms with Crippen molar-refractivity contribution in [1.29, 1.82) is 0 Å². The molecule has 0 radical (unpaired) electrons. The third-order valence-electron chi connectivity index (χ3n) is 5.70. The van der Waals surface area contributed by atoms with Gasteiger partial charge in [-0.3, -0.25) is 5.32 Å². The highest BCUT2D eigenvalue weighted by molar-refractivity contribution is 6.90. The van der Waals surface area contributed by atoms with Gasteiger partial charge in [-0.1, -0.05) is 65.6 Å². The van der Waals surface area contributed by atoms with Crippen molar-refractivity contribution < 1.29 is 10.9 Å². The molecule has 2 aromatic carbocycles. The van der Waals surface area contributed by atoms with Crippen molar-refractivity contribution in [3.8, 4) is 11.5 Å². The molecule has 0 unspecified atom stereocenters. The van der Waals surface area contributed by atoms with Crippen LogP contribution < -0.4 is 5.32 Å². The zero-order valence-corrected chi connectivity index (χ0v) is 20.9. The van der Waals surface area contributed by atoms with Crippen LogP contribution in [-0.4, -0.2) is 19.8 Å². The van der Waals surface area contributed by atoms with Crippen LogP contribution >= 0.6 is 0 Å². The second-order valence-electron chi connectivity index (χ2n) is 9.93. The minimum absolute atomic E-state index is 0.347. The van der Waals surface area contributed by atoms with Gasteiger partial charge in [0.15, 0.2) is 0 Å². The van der Waals surface area contributed by atoms with Crippen LogP contribution in [-0.2, 0) is 4.74 Å². The van der Waals surface area contributed by atoms with E-state index >= 15 is 0 Å². The van der Waals surface area contributed by atoms with Crippen molar-refractivity contribution in [2.75, 3.05) is 5.32 Å². The van der Waals surface area contributed by atoms with Gasteiger partial charge in [0.25, 0.3) is 0 Å². The van der Waals surface area contributed by atoms with E-state index < -0.39 is 19.8 Å². The summed E-state index contributed by atoms with van der Waals surface area (Å²) in [7, 11) is -1.87. The molecule has 0 spiro atoms. The molecule has 1 amide bonds. The van der Waals surface area contributed by atoms with E-state index in [1.165, 1.54) is 0 Å². The maximum Gasteiger partial charge on any atom is 0.412 e. The standard InChI is InChI=1S/C26H37NO2Si/c1-18(2)30(19(3)4,20(5)6)16-15-21-11-10-12-22-17-23(13-14-24(21)22)27-25(28)29-26(7,8)9/h10-14,17-20H,1-9H3,(H,27,28)/i14D. The van der Waals surface area contributed by atoms with Gasteiger partial charge in [-0.25, -0.2) is 4.79 Å². The summed E-state index contributed by atoms with van der Waals surface area (Å²) in [5.41, 5.74) is 6.26. The van der Waals surface area contributed by atoms with E-state index in [0.29, 0.717) is 28.4 Å². The first kappa shape index (κ1) is 22.4. The molecule has 162 valence electrons. The largest absolute Gasteiger partial charge is 0.444 e. The van der Waals surface area contributed by atoms with Crippen LogP contribution in [0.15, 0.2) is 36.4 Å². The Kier molecular flexibility index (Phi) is 6.93. The van der Waals surface area contributed by atoms with Crippen LogP contribution in [0.25, 0.3) is 10.8 Å². The first-order chi connectivity index (χ1) is 14.3. The van der Waals surface area contributed by atoms with E-state index in [2.05, 4.69) is 58.3 Å². The lowest BCUT2D eigenvalue weighted by Crippen LogP contribution is -2.43. The summed E-state index contributed by atoms with van der Waals surface area (Å²) < 4.78 is 13.9. The number of fused-ring (bicyclic) bond motifs is 1. The first-order valence-corrected chi connectivity index (χ1v) is 13.1. The van der Waals surface area contributed by atoms with Crippen LogP contribution in [0.5, 0.6) is 0 Å². The van der Waals surface area contributed by atoms with Crippen LogP contribution in [0.1, 0.15) is 69.2 Å². The van der Waals surface area contributed by atoms with Crippen LogP contribution in [0.2, 0.25) is 16.6 Å². The summed E-state index contributed by atoms with van der Waals surface area (Å²) >= 11 is 0. The quantitative estimate of drug-likeness (QED) is 0.402. The molecule has 0 bridgehead atoms. The molecule has 0 atom stereocenters. The maximum absolute atomic E-state index is 12.1. The molecule has 2 aromatic rings. The predicted octanol–water partition coefficient (Wildman–Crippen LogP) is 7.76. The van der Waals surface area contributed by atoms with E-state index in [0.717, 1.165) is 16.3 Å². The summed E-state index contributed by atoms with van der Waals surface area (Å²) in [5.74, 6) is 3.48. The molecule has 0 aromatic heterocycles. The number of anilines is 1. The zero-order valence-electron chi connectivity index (χ0n) is 20.9. The lowest BCUT2D eigenvalue weighted by atomic mass is 10.0. The van der Waals surface area contributed by atoms with Gasteiger partial charge in [0, 0.05) is 11.3 Å². The van der Waals surface area contributed by atoms with Crippen LogP contribution in [0, 0.1) is 11.5 Å². The Labute approximate surface area is 185 Å². The lowest BCUT2D eigenvalue weighted by molar-refractivity contribution is 0.0636. The Morgan fingerprint density at radius 3 is 2.20 bits per heavy atom. The number of rotatable bonds is 4.